The summed E-state index contributed by atoms with van der Waals surface area (Å²) in [5.41, 5.74) is 0. The Balaban J connectivity index is 4.05. The third-order valence-corrected chi connectivity index (χ3v) is 1.35. The maximum absolute atomic E-state index is 10.9. The normalized spacial score (nSPS) is 14.9. The van der Waals surface area contributed by atoms with Crippen LogP contribution in [0.5, 0.6) is 0 Å². The van der Waals surface area contributed by atoms with Gasteiger partial charge in [0.05, 0.1) is 6.61 Å². The van der Waals surface area contributed by atoms with Crippen molar-refractivity contribution in [1.82, 2.24) is 0 Å². The molecule has 0 aliphatic carbocycles. The van der Waals surface area contributed by atoms with Gasteiger partial charge >= 0.3 is 11.9 Å². The van der Waals surface area contributed by atoms with Gasteiger partial charge in [0.25, 0.3) is 0 Å². The van der Waals surface area contributed by atoms with Crippen LogP contribution in [-0.4, -0.2) is 46.1 Å². The smallest absolute Gasteiger partial charge is 0.338 e. The standard InChI is InChI=1S/C8H14O6/c1-4(2)3-14-8(13)6(10)5(9)7(11)12/h4-6,9-10H,3H2,1-2H3,(H,11,12)/t5-,6-/m1/s1. The molecular weight excluding hydrogens is 192 g/mol. The van der Waals surface area contributed by atoms with E-state index in [1.54, 1.807) is 13.8 Å². The molecule has 0 bridgehead atoms. The van der Waals surface area contributed by atoms with Crippen molar-refractivity contribution in [3.05, 3.63) is 0 Å². The molecule has 0 saturated heterocycles. The highest BCUT2D eigenvalue weighted by Crippen LogP contribution is 2.00. The predicted octanol–water partition coefficient (Wildman–Crippen LogP) is -1.01. The molecule has 2 atom stereocenters. The highest BCUT2D eigenvalue weighted by Gasteiger charge is 2.31. The lowest BCUT2D eigenvalue weighted by Gasteiger charge is -2.14. The number of carbonyl (C=O) groups is 2. The number of aliphatic hydroxyl groups is 2. The molecule has 0 fully saturated rings. The molecule has 0 rings (SSSR count). The Bertz CT molecular complexity index is 212. The molecule has 14 heavy (non-hydrogen) atoms. The fourth-order valence-electron chi connectivity index (χ4n) is 0.598. The molecule has 0 unspecified atom stereocenters. The van der Waals surface area contributed by atoms with E-state index in [4.69, 9.17) is 15.3 Å². The molecule has 0 radical (unpaired) electrons. The van der Waals surface area contributed by atoms with Gasteiger partial charge in [-0.1, -0.05) is 13.8 Å². The van der Waals surface area contributed by atoms with Crippen LogP contribution in [0.2, 0.25) is 0 Å². The summed E-state index contributed by atoms with van der Waals surface area (Å²) in [5, 5.41) is 26.0. The number of aliphatic carboxylic acids is 1. The van der Waals surface area contributed by atoms with E-state index in [0.29, 0.717) is 0 Å². The number of esters is 1. The SMILES string of the molecule is CC(C)COC(=O)[C@H](O)[C@@H](O)C(=O)O. The number of hydrogen-bond donors (Lipinski definition) is 3. The van der Waals surface area contributed by atoms with Crippen molar-refractivity contribution in [2.24, 2.45) is 5.92 Å². The van der Waals surface area contributed by atoms with Crippen molar-refractivity contribution in [2.75, 3.05) is 6.61 Å². The third-order valence-electron chi connectivity index (χ3n) is 1.35. The predicted molar refractivity (Wildman–Crippen MR) is 45.4 cm³/mol. The summed E-state index contributed by atoms with van der Waals surface area (Å²) < 4.78 is 4.52. The fraction of sp³-hybridized carbons (Fsp3) is 0.750. The van der Waals surface area contributed by atoms with Gasteiger partial charge in [0.15, 0.2) is 12.2 Å². The van der Waals surface area contributed by atoms with E-state index in [1.807, 2.05) is 0 Å². The highest BCUT2D eigenvalue weighted by atomic mass is 16.6. The average molecular weight is 206 g/mol. The fourth-order valence-corrected chi connectivity index (χ4v) is 0.598. The zero-order chi connectivity index (χ0) is 11.3. The molecule has 0 aromatic rings. The lowest BCUT2D eigenvalue weighted by atomic mass is 10.2. The van der Waals surface area contributed by atoms with E-state index in [1.165, 1.54) is 0 Å². The summed E-state index contributed by atoms with van der Waals surface area (Å²) >= 11 is 0. The topological polar surface area (TPSA) is 104 Å². The molecule has 0 aromatic heterocycles. The van der Waals surface area contributed by atoms with Crippen molar-refractivity contribution in [3.63, 3.8) is 0 Å². The van der Waals surface area contributed by atoms with Gasteiger partial charge in [-0.3, -0.25) is 0 Å². The van der Waals surface area contributed by atoms with Gasteiger partial charge in [0.1, 0.15) is 0 Å². The van der Waals surface area contributed by atoms with Gasteiger partial charge < -0.3 is 20.1 Å². The van der Waals surface area contributed by atoms with E-state index in [0.717, 1.165) is 0 Å². The molecule has 6 heteroatoms. The maximum atomic E-state index is 10.9. The summed E-state index contributed by atoms with van der Waals surface area (Å²) in [6.07, 6.45) is -4.18. The second kappa shape index (κ2) is 5.56. The maximum Gasteiger partial charge on any atom is 0.338 e. The average Bonchev–Trinajstić information content (AvgIpc) is 2.11. The summed E-state index contributed by atoms with van der Waals surface area (Å²) in [4.78, 5) is 21.1. The minimum atomic E-state index is -2.14. The van der Waals surface area contributed by atoms with Crippen LogP contribution in [0.1, 0.15) is 13.8 Å². The number of hydrogen-bond acceptors (Lipinski definition) is 5. The van der Waals surface area contributed by atoms with Gasteiger partial charge in [0.2, 0.25) is 0 Å². The second-order valence-electron chi connectivity index (χ2n) is 3.25. The molecule has 0 amide bonds. The van der Waals surface area contributed by atoms with E-state index in [2.05, 4.69) is 4.74 Å². The molecule has 3 N–H and O–H groups in total. The van der Waals surface area contributed by atoms with Gasteiger partial charge in [-0.2, -0.15) is 0 Å². The quantitative estimate of drug-likeness (QED) is 0.498. The van der Waals surface area contributed by atoms with E-state index in [9.17, 15) is 9.59 Å². The molecule has 0 saturated carbocycles. The van der Waals surface area contributed by atoms with E-state index < -0.39 is 24.1 Å². The molecule has 6 nitrogen and oxygen atoms in total. The molecule has 0 aromatic carbocycles. The lowest BCUT2D eigenvalue weighted by molar-refractivity contribution is -0.170. The summed E-state index contributed by atoms with van der Waals surface area (Å²) in [5.74, 6) is -2.72. The number of aliphatic hydroxyl groups excluding tert-OH is 2. The van der Waals surface area contributed by atoms with E-state index >= 15 is 0 Å². The zero-order valence-corrected chi connectivity index (χ0v) is 8.01. The third kappa shape index (κ3) is 4.20. The van der Waals surface area contributed by atoms with Crippen molar-refractivity contribution >= 4 is 11.9 Å². The molecule has 82 valence electrons. The van der Waals surface area contributed by atoms with Crippen LogP contribution in [-0.2, 0) is 14.3 Å². The van der Waals surface area contributed by atoms with Crippen molar-refractivity contribution in [2.45, 2.75) is 26.1 Å². The molecule has 0 aliphatic rings. The Hall–Kier alpha value is -1.14. The molecule has 0 spiro atoms. The van der Waals surface area contributed by atoms with Gasteiger partial charge in [-0.25, -0.2) is 9.59 Å². The first kappa shape index (κ1) is 12.9. The molecular formula is C8H14O6. The second-order valence-corrected chi connectivity index (χ2v) is 3.25. The highest BCUT2D eigenvalue weighted by molar-refractivity contribution is 5.84. The summed E-state index contributed by atoms with van der Waals surface area (Å²) in [7, 11) is 0. The van der Waals surface area contributed by atoms with Gasteiger partial charge in [-0.05, 0) is 5.92 Å². The first-order valence-electron chi connectivity index (χ1n) is 4.11. The number of carbonyl (C=O) groups excluding carboxylic acids is 1. The first-order chi connectivity index (χ1) is 6.36. The minimum Gasteiger partial charge on any atom is -0.479 e. The number of rotatable bonds is 5. The van der Waals surface area contributed by atoms with Crippen LogP contribution < -0.4 is 0 Å². The Morgan fingerprint density at radius 3 is 2.07 bits per heavy atom. The Morgan fingerprint density at radius 1 is 1.21 bits per heavy atom. The summed E-state index contributed by atoms with van der Waals surface area (Å²) in [6, 6.07) is 0. The molecule has 0 aliphatic heterocycles. The van der Waals surface area contributed by atoms with Crippen LogP contribution in [0, 0.1) is 5.92 Å². The van der Waals surface area contributed by atoms with Crippen LogP contribution in [0.15, 0.2) is 0 Å². The Morgan fingerprint density at radius 2 is 1.71 bits per heavy atom. The van der Waals surface area contributed by atoms with Crippen LogP contribution in [0.4, 0.5) is 0 Å². The molecule has 0 heterocycles. The number of ether oxygens (including phenoxy) is 1. The number of carboxylic acid groups (broad SMARTS) is 1. The van der Waals surface area contributed by atoms with Crippen molar-refractivity contribution in [3.8, 4) is 0 Å². The monoisotopic (exact) mass is 206 g/mol. The van der Waals surface area contributed by atoms with Crippen molar-refractivity contribution in [1.29, 1.82) is 0 Å². The van der Waals surface area contributed by atoms with Crippen LogP contribution in [0.25, 0.3) is 0 Å². The largest absolute Gasteiger partial charge is 0.479 e. The first-order valence-corrected chi connectivity index (χ1v) is 4.11. The Labute approximate surface area is 81.1 Å². The zero-order valence-electron chi connectivity index (χ0n) is 8.01. The van der Waals surface area contributed by atoms with Gasteiger partial charge in [-0.15, -0.1) is 0 Å². The number of carboxylic acids is 1. The van der Waals surface area contributed by atoms with E-state index in [-0.39, 0.29) is 12.5 Å². The van der Waals surface area contributed by atoms with Crippen molar-refractivity contribution < 1.29 is 29.6 Å². The Kier molecular flexibility index (Phi) is 5.11. The van der Waals surface area contributed by atoms with Crippen LogP contribution in [0.3, 0.4) is 0 Å². The lowest BCUT2D eigenvalue weighted by Crippen LogP contribution is -2.40. The van der Waals surface area contributed by atoms with Gasteiger partial charge in [0, 0.05) is 0 Å². The minimum absolute atomic E-state index is 0.0717. The summed E-state index contributed by atoms with van der Waals surface area (Å²) in [6.45, 7) is 3.64. The van der Waals surface area contributed by atoms with Crippen LogP contribution >= 0.6 is 0 Å².